The fraction of sp³-hybridized carbons (Fsp3) is 0. The SMILES string of the molecule is c1ccc(-c2c(-c3ccccc3)c3cc(-c4ccccc4N(c4cccc5c4ccc4ccccc45)c4cccc5oc6ccccc6c45)ccc3c3ccccc23)cc1. The average Bonchev–Trinajstić information content (AvgIpc) is 3.71. The van der Waals surface area contributed by atoms with Gasteiger partial charge in [0.25, 0.3) is 0 Å². The topological polar surface area (TPSA) is 16.4 Å². The van der Waals surface area contributed by atoms with Crippen LogP contribution in [0, 0.1) is 0 Å². The van der Waals surface area contributed by atoms with Gasteiger partial charge in [-0.2, -0.15) is 0 Å². The molecule has 0 N–H and O–H groups in total. The first kappa shape index (κ1) is 34.1. The van der Waals surface area contributed by atoms with Gasteiger partial charge in [-0.3, -0.25) is 0 Å². The summed E-state index contributed by atoms with van der Waals surface area (Å²) >= 11 is 0. The zero-order chi connectivity index (χ0) is 39.6. The fourth-order valence-electron chi connectivity index (χ4n) is 9.63. The maximum absolute atomic E-state index is 6.53. The van der Waals surface area contributed by atoms with Gasteiger partial charge in [0.2, 0.25) is 0 Å². The first-order chi connectivity index (χ1) is 29.8. The summed E-state index contributed by atoms with van der Waals surface area (Å²) in [4.78, 5) is 2.47. The molecule has 2 nitrogen and oxygen atoms in total. The van der Waals surface area contributed by atoms with E-state index in [2.05, 4.69) is 223 Å². The summed E-state index contributed by atoms with van der Waals surface area (Å²) in [6, 6.07) is 81.4. The van der Waals surface area contributed by atoms with Crippen molar-refractivity contribution in [3.05, 3.63) is 224 Å². The van der Waals surface area contributed by atoms with Gasteiger partial charge in [-0.05, 0) is 102 Å². The molecule has 0 unspecified atom stereocenters. The summed E-state index contributed by atoms with van der Waals surface area (Å²) in [7, 11) is 0. The number of fused-ring (bicyclic) bond motifs is 9. The van der Waals surface area contributed by atoms with Crippen LogP contribution in [0.25, 0.3) is 98.4 Å². The molecule has 0 saturated heterocycles. The minimum Gasteiger partial charge on any atom is -0.456 e. The van der Waals surface area contributed by atoms with Crippen molar-refractivity contribution < 1.29 is 4.42 Å². The second-order valence-electron chi connectivity index (χ2n) is 15.5. The summed E-state index contributed by atoms with van der Waals surface area (Å²) in [5.41, 5.74) is 12.2. The molecule has 12 rings (SSSR count). The van der Waals surface area contributed by atoms with E-state index in [4.69, 9.17) is 4.42 Å². The van der Waals surface area contributed by atoms with Crippen LogP contribution in [-0.2, 0) is 0 Å². The summed E-state index contributed by atoms with van der Waals surface area (Å²) in [5.74, 6) is 0. The van der Waals surface area contributed by atoms with Gasteiger partial charge >= 0.3 is 0 Å². The van der Waals surface area contributed by atoms with Crippen molar-refractivity contribution in [1.82, 2.24) is 0 Å². The maximum atomic E-state index is 6.53. The number of hydrogen-bond acceptors (Lipinski definition) is 2. The van der Waals surface area contributed by atoms with Crippen LogP contribution in [0.1, 0.15) is 0 Å². The van der Waals surface area contributed by atoms with Crippen LogP contribution >= 0.6 is 0 Å². The van der Waals surface area contributed by atoms with Gasteiger partial charge in [-0.25, -0.2) is 0 Å². The van der Waals surface area contributed by atoms with E-state index < -0.39 is 0 Å². The van der Waals surface area contributed by atoms with Crippen molar-refractivity contribution >= 4 is 82.1 Å². The number of nitrogens with zero attached hydrogens (tertiary/aromatic N) is 1. The summed E-state index contributed by atoms with van der Waals surface area (Å²) in [6.07, 6.45) is 0. The second-order valence-corrected chi connectivity index (χ2v) is 15.5. The first-order valence-corrected chi connectivity index (χ1v) is 20.6. The van der Waals surface area contributed by atoms with Crippen molar-refractivity contribution in [2.75, 3.05) is 4.90 Å². The molecule has 0 bridgehead atoms. The van der Waals surface area contributed by atoms with Crippen molar-refractivity contribution in [2.24, 2.45) is 0 Å². The maximum Gasteiger partial charge on any atom is 0.137 e. The highest BCUT2D eigenvalue weighted by molar-refractivity contribution is 6.23. The van der Waals surface area contributed by atoms with E-state index in [9.17, 15) is 0 Å². The number of furan rings is 1. The third kappa shape index (κ3) is 5.35. The standard InChI is InChI=1S/C58H37NO/c1-3-18-39(19-4-1)56-48-25-10-9-24-45(48)46-35-34-41(37-50(46)57(56)40-20-5-2-6-21-40)43-23-11-13-28-51(43)59(53-30-16-32-55-58(53)49-26-12-14-31-54(49)60-55)52-29-15-27-44-42-22-8-7-17-38(42)33-36-47(44)52/h1-37H. The molecule has 280 valence electrons. The van der Waals surface area contributed by atoms with E-state index in [1.807, 2.05) is 6.07 Å². The number of anilines is 3. The Morgan fingerprint density at radius 3 is 1.63 bits per heavy atom. The van der Waals surface area contributed by atoms with Gasteiger partial charge in [0.05, 0.1) is 22.4 Å². The highest BCUT2D eigenvalue weighted by Gasteiger charge is 2.25. The lowest BCUT2D eigenvalue weighted by Crippen LogP contribution is -2.12. The Hall–Kier alpha value is -7.94. The van der Waals surface area contributed by atoms with Gasteiger partial charge in [-0.15, -0.1) is 0 Å². The molecule has 0 spiro atoms. The molecule has 60 heavy (non-hydrogen) atoms. The van der Waals surface area contributed by atoms with Gasteiger partial charge in [-0.1, -0.05) is 188 Å². The molecule has 2 heteroatoms. The van der Waals surface area contributed by atoms with Gasteiger partial charge in [0.1, 0.15) is 11.2 Å². The number of para-hydroxylation sites is 2. The van der Waals surface area contributed by atoms with E-state index in [1.54, 1.807) is 0 Å². The average molecular weight is 764 g/mol. The Balaban J connectivity index is 1.18. The fourth-order valence-corrected chi connectivity index (χ4v) is 9.63. The molecule has 0 amide bonds. The molecule has 0 aliphatic rings. The van der Waals surface area contributed by atoms with Crippen molar-refractivity contribution in [3.63, 3.8) is 0 Å². The summed E-state index contributed by atoms with van der Waals surface area (Å²) < 4.78 is 6.53. The van der Waals surface area contributed by atoms with E-state index in [-0.39, 0.29) is 0 Å². The Bertz CT molecular complexity index is 3600. The molecule has 1 heterocycles. The molecule has 0 saturated carbocycles. The predicted molar refractivity (Wildman–Crippen MR) is 255 cm³/mol. The molecular weight excluding hydrogens is 727 g/mol. The zero-order valence-electron chi connectivity index (χ0n) is 32.7. The van der Waals surface area contributed by atoms with E-state index in [1.165, 1.54) is 65.3 Å². The van der Waals surface area contributed by atoms with E-state index in [0.717, 1.165) is 50.1 Å². The highest BCUT2D eigenvalue weighted by atomic mass is 16.3. The Morgan fingerprint density at radius 1 is 0.283 bits per heavy atom. The Morgan fingerprint density at radius 2 is 0.817 bits per heavy atom. The van der Waals surface area contributed by atoms with Crippen LogP contribution in [0.15, 0.2) is 229 Å². The monoisotopic (exact) mass is 763 g/mol. The van der Waals surface area contributed by atoms with Gasteiger partial charge in [0.15, 0.2) is 0 Å². The van der Waals surface area contributed by atoms with Crippen LogP contribution in [0.5, 0.6) is 0 Å². The molecule has 1 aromatic heterocycles. The largest absolute Gasteiger partial charge is 0.456 e. The molecule has 0 fully saturated rings. The predicted octanol–water partition coefficient (Wildman–Crippen LogP) is 16.7. The number of rotatable bonds is 6. The Labute approximate surface area is 347 Å². The van der Waals surface area contributed by atoms with Crippen LogP contribution < -0.4 is 4.90 Å². The molecule has 12 aromatic rings. The third-order valence-electron chi connectivity index (χ3n) is 12.2. The minimum atomic E-state index is 0.861. The van der Waals surface area contributed by atoms with Crippen LogP contribution in [0.4, 0.5) is 17.1 Å². The van der Waals surface area contributed by atoms with E-state index in [0.29, 0.717) is 0 Å². The van der Waals surface area contributed by atoms with Crippen LogP contribution in [0.3, 0.4) is 0 Å². The lowest BCUT2D eigenvalue weighted by Gasteiger charge is -2.30. The summed E-state index contributed by atoms with van der Waals surface area (Å²) in [5, 5.41) is 12.0. The minimum absolute atomic E-state index is 0.861. The lowest BCUT2D eigenvalue weighted by molar-refractivity contribution is 0.669. The van der Waals surface area contributed by atoms with Crippen LogP contribution in [0.2, 0.25) is 0 Å². The van der Waals surface area contributed by atoms with Crippen molar-refractivity contribution in [3.8, 4) is 33.4 Å². The molecular formula is C58H37NO. The van der Waals surface area contributed by atoms with Gasteiger partial charge < -0.3 is 9.32 Å². The number of hydrogen-bond donors (Lipinski definition) is 0. The smallest absolute Gasteiger partial charge is 0.137 e. The normalized spacial score (nSPS) is 11.7. The van der Waals surface area contributed by atoms with Crippen LogP contribution in [-0.4, -0.2) is 0 Å². The first-order valence-electron chi connectivity index (χ1n) is 20.6. The van der Waals surface area contributed by atoms with E-state index >= 15 is 0 Å². The van der Waals surface area contributed by atoms with Crippen molar-refractivity contribution in [1.29, 1.82) is 0 Å². The molecule has 0 aliphatic carbocycles. The molecule has 11 aromatic carbocycles. The summed E-state index contributed by atoms with van der Waals surface area (Å²) in [6.45, 7) is 0. The quantitative estimate of drug-likeness (QED) is 0.157. The molecule has 0 aliphatic heterocycles. The second kappa shape index (κ2) is 13.9. The third-order valence-corrected chi connectivity index (χ3v) is 12.2. The van der Waals surface area contributed by atoms with Crippen molar-refractivity contribution in [2.45, 2.75) is 0 Å². The molecule has 0 radical (unpaired) electrons. The lowest BCUT2D eigenvalue weighted by atomic mass is 9.84. The Kier molecular flexibility index (Phi) is 7.89. The molecule has 0 atom stereocenters. The zero-order valence-corrected chi connectivity index (χ0v) is 32.7. The van der Waals surface area contributed by atoms with Gasteiger partial charge in [0, 0.05) is 16.3 Å². The highest BCUT2D eigenvalue weighted by Crippen LogP contribution is 2.50. The number of benzene rings is 11.